The van der Waals surface area contributed by atoms with Gasteiger partial charge >= 0.3 is 11.9 Å². The molecule has 33 heavy (non-hydrogen) atoms. The van der Waals surface area contributed by atoms with Crippen LogP contribution in [0.15, 0.2) is 30.3 Å². The predicted molar refractivity (Wildman–Crippen MR) is 119 cm³/mol. The van der Waals surface area contributed by atoms with Gasteiger partial charge in [-0.3, -0.25) is 9.52 Å². The number of esters is 2. The Bertz CT molecular complexity index is 1180. The molecule has 12 heteroatoms. The highest BCUT2D eigenvalue weighted by atomic mass is 32.2. The van der Waals surface area contributed by atoms with E-state index in [2.05, 4.69) is 10.0 Å². The molecule has 0 aromatic heterocycles. The first kappa shape index (κ1) is 25.5. The van der Waals surface area contributed by atoms with E-state index >= 15 is 0 Å². The van der Waals surface area contributed by atoms with Crippen LogP contribution in [0.5, 0.6) is 17.2 Å². The van der Waals surface area contributed by atoms with Gasteiger partial charge in [0.25, 0.3) is 0 Å². The van der Waals surface area contributed by atoms with Crippen molar-refractivity contribution in [2.75, 3.05) is 29.5 Å². The van der Waals surface area contributed by atoms with Crippen molar-refractivity contribution in [2.45, 2.75) is 20.8 Å². The molecule has 2 aromatic carbocycles. The van der Waals surface area contributed by atoms with Gasteiger partial charge in [-0.05, 0) is 44.2 Å². The van der Waals surface area contributed by atoms with Crippen LogP contribution in [0.4, 0.5) is 11.4 Å². The van der Waals surface area contributed by atoms with E-state index in [4.69, 9.17) is 14.2 Å². The molecule has 0 unspecified atom stereocenters. The van der Waals surface area contributed by atoms with Crippen molar-refractivity contribution in [1.29, 1.82) is 0 Å². The molecular formula is C21H24N2O9S. The number of carbonyl (C=O) groups is 3. The molecule has 0 saturated carbocycles. The SMILES string of the molecule is CCOC(=O)c1ccc(Oc2c(C(=O)OCC)ccc(O)c2NC(C)=O)c(NS(C)(=O)=O)c1. The highest BCUT2D eigenvalue weighted by molar-refractivity contribution is 7.92. The lowest BCUT2D eigenvalue weighted by molar-refractivity contribution is -0.114. The Balaban J connectivity index is 2.68. The summed E-state index contributed by atoms with van der Waals surface area (Å²) in [6.45, 7) is 4.55. The molecule has 0 atom stereocenters. The minimum absolute atomic E-state index is 0.0407. The van der Waals surface area contributed by atoms with Crippen molar-refractivity contribution in [2.24, 2.45) is 0 Å². The average Bonchev–Trinajstić information content (AvgIpc) is 2.70. The van der Waals surface area contributed by atoms with E-state index in [1.54, 1.807) is 13.8 Å². The van der Waals surface area contributed by atoms with Crippen molar-refractivity contribution in [3.8, 4) is 17.2 Å². The maximum atomic E-state index is 12.5. The van der Waals surface area contributed by atoms with Crippen LogP contribution in [-0.4, -0.2) is 50.8 Å². The lowest BCUT2D eigenvalue weighted by atomic mass is 10.1. The Morgan fingerprint density at radius 3 is 2.21 bits per heavy atom. The molecular weight excluding hydrogens is 456 g/mol. The fourth-order valence-electron chi connectivity index (χ4n) is 2.69. The zero-order valence-electron chi connectivity index (χ0n) is 18.4. The standard InChI is InChI=1S/C21H24N2O9S/c1-5-30-20(26)13-7-10-17(15(11-13)23-33(4,28)29)32-19-14(21(27)31-6-2)8-9-16(25)18(19)22-12(3)24/h7-11,23,25H,5-6H2,1-4H3,(H,22,24). The Morgan fingerprint density at radius 1 is 1.00 bits per heavy atom. The molecule has 11 nitrogen and oxygen atoms in total. The highest BCUT2D eigenvalue weighted by Crippen LogP contribution is 2.42. The molecule has 0 heterocycles. The zero-order chi connectivity index (χ0) is 24.8. The molecule has 0 aliphatic heterocycles. The topological polar surface area (TPSA) is 157 Å². The van der Waals surface area contributed by atoms with E-state index < -0.39 is 33.6 Å². The number of nitrogens with one attached hydrogen (secondary N) is 2. The highest BCUT2D eigenvalue weighted by Gasteiger charge is 2.24. The van der Waals surface area contributed by atoms with Crippen molar-refractivity contribution >= 4 is 39.2 Å². The van der Waals surface area contributed by atoms with Crippen molar-refractivity contribution in [3.05, 3.63) is 41.5 Å². The van der Waals surface area contributed by atoms with Crippen LogP contribution in [0.2, 0.25) is 0 Å². The molecule has 178 valence electrons. The summed E-state index contributed by atoms with van der Waals surface area (Å²) in [5.41, 5.74) is -0.472. The minimum atomic E-state index is -3.81. The first-order chi connectivity index (χ1) is 15.5. The number of phenolic OH excluding ortho intramolecular Hbond substituents is 1. The number of anilines is 2. The number of phenols is 1. The molecule has 0 spiro atoms. The first-order valence-corrected chi connectivity index (χ1v) is 11.6. The monoisotopic (exact) mass is 480 g/mol. The quantitative estimate of drug-likeness (QED) is 0.362. The summed E-state index contributed by atoms with van der Waals surface area (Å²) in [5.74, 6) is -2.89. The summed E-state index contributed by atoms with van der Waals surface area (Å²) in [4.78, 5) is 36.2. The molecule has 0 radical (unpaired) electrons. The number of amides is 1. The van der Waals surface area contributed by atoms with Gasteiger partial charge in [-0.25, -0.2) is 18.0 Å². The molecule has 0 saturated heterocycles. The second-order valence-corrected chi connectivity index (χ2v) is 8.39. The largest absolute Gasteiger partial charge is 0.506 e. The Kier molecular flexibility index (Phi) is 8.24. The van der Waals surface area contributed by atoms with Gasteiger partial charge in [-0.15, -0.1) is 0 Å². The van der Waals surface area contributed by atoms with E-state index in [1.807, 2.05) is 0 Å². The second-order valence-electron chi connectivity index (χ2n) is 6.65. The molecule has 0 aliphatic rings. The summed E-state index contributed by atoms with van der Waals surface area (Å²) in [6, 6.07) is 6.19. The maximum absolute atomic E-state index is 12.5. The Hall–Kier alpha value is -3.80. The number of sulfonamides is 1. The van der Waals surface area contributed by atoms with Gasteiger partial charge in [-0.2, -0.15) is 0 Å². The van der Waals surface area contributed by atoms with Crippen LogP contribution >= 0.6 is 0 Å². The summed E-state index contributed by atoms with van der Waals surface area (Å²) in [7, 11) is -3.81. The van der Waals surface area contributed by atoms with Gasteiger partial charge in [0.05, 0.1) is 30.7 Å². The fraction of sp³-hybridized carbons (Fsp3) is 0.286. The summed E-state index contributed by atoms with van der Waals surface area (Å²) >= 11 is 0. The number of aromatic hydroxyl groups is 1. The van der Waals surface area contributed by atoms with Crippen molar-refractivity contribution in [1.82, 2.24) is 0 Å². The summed E-state index contributed by atoms with van der Waals surface area (Å²) < 4.78 is 41.7. The molecule has 1 amide bonds. The van der Waals surface area contributed by atoms with Crippen LogP contribution in [0, 0.1) is 0 Å². The van der Waals surface area contributed by atoms with Crippen LogP contribution in [0.1, 0.15) is 41.5 Å². The van der Waals surface area contributed by atoms with Gasteiger partial charge in [0.1, 0.15) is 17.0 Å². The first-order valence-electron chi connectivity index (χ1n) is 9.74. The van der Waals surface area contributed by atoms with E-state index in [9.17, 15) is 27.9 Å². The third-order valence-corrected chi connectivity index (χ3v) is 4.52. The van der Waals surface area contributed by atoms with E-state index in [-0.39, 0.29) is 47.2 Å². The van der Waals surface area contributed by atoms with Gasteiger partial charge in [0, 0.05) is 6.92 Å². The lowest BCUT2D eigenvalue weighted by Crippen LogP contribution is -2.14. The van der Waals surface area contributed by atoms with Gasteiger partial charge < -0.3 is 24.6 Å². The number of rotatable bonds is 9. The van der Waals surface area contributed by atoms with E-state index in [0.29, 0.717) is 0 Å². The second kappa shape index (κ2) is 10.7. The minimum Gasteiger partial charge on any atom is -0.506 e. The number of hydrogen-bond donors (Lipinski definition) is 3. The molecule has 0 bridgehead atoms. The van der Waals surface area contributed by atoms with E-state index in [0.717, 1.165) is 6.26 Å². The van der Waals surface area contributed by atoms with Crippen molar-refractivity contribution in [3.63, 3.8) is 0 Å². The third-order valence-electron chi connectivity index (χ3n) is 3.93. The lowest BCUT2D eigenvalue weighted by Gasteiger charge is -2.19. The molecule has 3 N–H and O–H groups in total. The summed E-state index contributed by atoms with van der Waals surface area (Å²) in [5, 5.41) is 12.6. The van der Waals surface area contributed by atoms with Crippen LogP contribution in [0.25, 0.3) is 0 Å². The zero-order valence-corrected chi connectivity index (χ0v) is 19.2. The molecule has 0 aliphatic carbocycles. The Labute approximate surface area is 190 Å². The smallest absolute Gasteiger partial charge is 0.342 e. The van der Waals surface area contributed by atoms with Gasteiger partial charge in [-0.1, -0.05) is 0 Å². The number of hydrogen-bond acceptors (Lipinski definition) is 9. The van der Waals surface area contributed by atoms with Gasteiger partial charge in [0.2, 0.25) is 15.9 Å². The maximum Gasteiger partial charge on any atom is 0.342 e. The van der Waals surface area contributed by atoms with Gasteiger partial charge in [0.15, 0.2) is 11.5 Å². The van der Waals surface area contributed by atoms with Crippen LogP contribution in [-0.2, 0) is 24.3 Å². The Morgan fingerprint density at radius 2 is 1.64 bits per heavy atom. The molecule has 2 aromatic rings. The van der Waals surface area contributed by atoms with Crippen LogP contribution < -0.4 is 14.8 Å². The molecule has 2 rings (SSSR count). The number of carbonyl (C=O) groups excluding carboxylic acids is 3. The normalized spacial score (nSPS) is 10.8. The van der Waals surface area contributed by atoms with E-state index in [1.165, 1.54) is 37.3 Å². The fourth-order valence-corrected chi connectivity index (χ4v) is 3.25. The van der Waals surface area contributed by atoms with Crippen LogP contribution in [0.3, 0.4) is 0 Å². The predicted octanol–water partition coefficient (Wildman–Crippen LogP) is 2.87. The number of ether oxygens (including phenoxy) is 3. The summed E-state index contributed by atoms with van der Waals surface area (Å²) in [6.07, 6.45) is 0.898. The number of benzene rings is 2. The average molecular weight is 480 g/mol. The van der Waals surface area contributed by atoms with Crippen molar-refractivity contribution < 1.29 is 42.1 Å². The molecule has 0 fully saturated rings. The third kappa shape index (κ3) is 6.84.